The predicted molar refractivity (Wildman–Crippen MR) is 77.0 cm³/mol. The van der Waals surface area contributed by atoms with Gasteiger partial charge in [0.15, 0.2) is 9.84 Å². The number of hydrogen-bond donors (Lipinski definition) is 0. The molecule has 0 amide bonds. The fourth-order valence-corrected chi connectivity index (χ4v) is 5.23. The Bertz CT molecular complexity index is 369. The van der Waals surface area contributed by atoms with Gasteiger partial charge in [0.25, 0.3) is 0 Å². The minimum atomic E-state index is -2.73. The molecule has 0 radical (unpaired) electrons. The minimum absolute atomic E-state index is 0.367. The van der Waals surface area contributed by atoms with Crippen molar-refractivity contribution in [1.29, 1.82) is 0 Å². The average Bonchev–Trinajstić information content (AvgIpc) is 2.58. The van der Waals surface area contributed by atoms with E-state index in [0.717, 1.165) is 45.0 Å². The Hall–Kier alpha value is -0.130. The standard InChI is InChI=1S/C14H27NO3S/c1-18-8-5-13-4-2-3-7-15(10-13)11-14-6-9-19(16,17)12-14/h13-14H,2-12H2,1H3/t13-,14-/m0/s1. The smallest absolute Gasteiger partial charge is 0.150 e. The number of likely N-dealkylation sites (tertiary alicyclic amines) is 1. The molecule has 0 aromatic heterocycles. The maximum absolute atomic E-state index is 11.5. The second-order valence-corrected chi connectivity index (χ2v) is 8.40. The molecule has 2 fully saturated rings. The maximum atomic E-state index is 11.5. The van der Waals surface area contributed by atoms with Crippen LogP contribution in [0.5, 0.6) is 0 Å². The zero-order chi connectivity index (χ0) is 13.7. The Kier molecular flexibility index (Phi) is 5.66. The van der Waals surface area contributed by atoms with Crippen LogP contribution >= 0.6 is 0 Å². The van der Waals surface area contributed by atoms with Crippen LogP contribution in [0.15, 0.2) is 0 Å². The third kappa shape index (κ3) is 5.04. The number of hydrogen-bond acceptors (Lipinski definition) is 4. The lowest BCUT2D eigenvalue weighted by Crippen LogP contribution is -2.34. The summed E-state index contributed by atoms with van der Waals surface area (Å²) in [6, 6.07) is 0. The van der Waals surface area contributed by atoms with Crippen molar-refractivity contribution in [3.8, 4) is 0 Å². The van der Waals surface area contributed by atoms with Crippen molar-refractivity contribution in [2.45, 2.75) is 32.1 Å². The molecule has 112 valence electrons. The minimum Gasteiger partial charge on any atom is -0.385 e. The fraction of sp³-hybridized carbons (Fsp3) is 1.00. The van der Waals surface area contributed by atoms with Crippen LogP contribution in [0.4, 0.5) is 0 Å². The molecule has 2 heterocycles. The van der Waals surface area contributed by atoms with Gasteiger partial charge in [-0.15, -0.1) is 0 Å². The molecule has 4 nitrogen and oxygen atoms in total. The van der Waals surface area contributed by atoms with Crippen molar-refractivity contribution in [3.05, 3.63) is 0 Å². The first-order valence-corrected chi connectivity index (χ1v) is 9.33. The van der Waals surface area contributed by atoms with E-state index in [0.29, 0.717) is 17.4 Å². The van der Waals surface area contributed by atoms with Crippen molar-refractivity contribution in [1.82, 2.24) is 4.90 Å². The van der Waals surface area contributed by atoms with Crippen LogP contribution in [0.1, 0.15) is 32.1 Å². The molecule has 0 aromatic carbocycles. The van der Waals surface area contributed by atoms with Gasteiger partial charge in [-0.05, 0) is 44.1 Å². The van der Waals surface area contributed by atoms with Crippen molar-refractivity contribution in [2.75, 3.05) is 44.9 Å². The quantitative estimate of drug-likeness (QED) is 0.770. The van der Waals surface area contributed by atoms with Gasteiger partial charge in [0.1, 0.15) is 0 Å². The molecule has 2 atom stereocenters. The summed E-state index contributed by atoms with van der Waals surface area (Å²) in [5.41, 5.74) is 0. The Labute approximate surface area is 117 Å². The topological polar surface area (TPSA) is 46.6 Å². The summed E-state index contributed by atoms with van der Waals surface area (Å²) in [4.78, 5) is 2.50. The van der Waals surface area contributed by atoms with Crippen LogP contribution in [-0.4, -0.2) is 58.2 Å². The van der Waals surface area contributed by atoms with Crippen molar-refractivity contribution in [2.24, 2.45) is 11.8 Å². The van der Waals surface area contributed by atoms with E-state index in [9.17, 15) is 8.42 Å². The molecule has 2 aliphatic heterocycles. The van der Waals surface area contributed by atoms with E-state index in [1.165, 1.54) is 19.3 Å². The molecule has 2 saturated heterocycles. The number of rotatable bonds is 5. The third-order valence-electron chi connectivity index (χ3n) is 4.43. The van der Waals surface area contributed by atoms with Crippen LogP contribution in [0.25, 0.3) is 0 Å². The van der Waals surface area contributed by atoms with Crippen molar-refractivity contribution >= 4 is 9.84 Å². The van der Waals surface area contributed by atoms with Crippen LogP contribution in [0, 0.1) is 11.8 Å². The van der Waals surface area contributed by atoms with E-state index in [4.69, 9.17) is 4.74 Å². The predicted octanol–water partition coefficient (Wildman–Crippen LogP) is 1.56. The molecule has 0 saturated carbocycles. The number of ether oxygens (including phenoxy) is 1. The SMILES string of the molecule is COCC[C@@H]1CCCCN(C[C@@H]2CCS(=O)(=O)C2)C1. The van der Waals surface area contributed by atoms with Gasteiger partial charge in [0.05, 0.1) is 11.5 Å². The summed E-state index contributed by atoms with van der Waals surface area (Å²) in [5.74, 6) is 1.90. The zero-order valence-corrected chi connectivity index (χ0v) is 12.8. The van der Waals surface area contributed by atoms with E-state index >= 15 is 0 Å². The fourth-order valence-electron chi connectivity index (χ4n) is 3.38. The Morgan fingerprint density at radius 3 is 2.74 bits per heavy atom. The summed E-state index contributed by atoms with van der Waals surface area (Å²) in [6.45, 7) is 4.08. The van der Waals surface area contributed by atoms with E-state index in [2.05, 4.69) is 4.90 Å². The van der Waals surface area contributed by atoms with Crippen LogP contribution in [0.3, 0.4) is 0 Å². The first-order valence-electron chi connectivity index (χ1n) is 7.51. The van der Waals surface area contributed by atoms with E-state index < -0.39 is 9.84 Å². The monoisotopic (exact) mass is 289 g/mol. The van der Waals surface area contributed by atoms with Gasteiger partial charge in [-0.25, -0.2) is 8.42 Å². The molecule has 0 aliphatic carbocycles. The second-order valence-electron chi connectivity index (χ2n) is 6.17. The molecule has 2 aliphatic rings. The summed E-state index contributed by atoms with van der Waals surface area (Å²) in [5, 5.41) is 0. The van der Waals surface area contributed by atoms with Gasteiger partial charge < -0.3 is 9.64 Å². The number of methoxy groups -OCH3 is 1. The lowest BCUT2D eigenvalue weighted by Gasteiger charge is -2.26. The lowest BCUT2D eigenvalue weighted by molar-refractivity contribution is 0.155. The third-order valence-corrected chi connectivity index (χ3v) is 6.26. The van der Waals surface area contributed by atoms with Gasteiger partial charge >= 0.3 is 0 Å². The van der Waals surface area contributed by atoms with E-state index in [1.807, 2.05) is 0 Å². The van der Waals surface area contributed by atoms with Crippen molar-refractivity contribution < 1.29 is 13.2 Å². The first-order chi connectivity index (χ1) is 9.09. The second kappa shape index (κ2) is 7.04. The zero-order valence-electron chi connectivity index (χ0n) is 12.0. The molecule has 0 N–H and O–H groups in total. The highest BCUT2D eigenvalue weighted by Crippen LogP contribution is 2.24. The maximum Gasteiger partial charge on any atom is 0.150 e. The lowest BCUT2D eigenvalue weighted by atomic mass is 10.00. The molecule has 0 aromatic rings. The summed E-state index contributed by atoms with van der Waals surface area (Å²) in [7, 11) is -0.968. The molecular weight excluding hydrogens is 262 g/mol. The largest absolute Gasteiger partial charge is 0.385 e. The molecule has 0 unspecified atom stereocenters. The molecule has 5 heteroatoms. The van der Waals surface area contributed by atoms with Crippen LogP contribution in [0.2, 0.25) is 0 Å². The summed E-state index contributed by atoms with van der Waals surface area (Å²) >= 11 is 0. The highest BCUT2D eigenvalue weighted by molar-refractivity contribution is 7.91. The summed E-state index contributed by atoms with van der Waals surface area (Å²) < 4.78 is 28.2. The van der Waals surface area contributed by atoms with Crippen molar-refractivity contribution in [3.63, 3.8) is 0 Å². The molecule has 0 spiro atoms. The van der Waals surface area contributed by atoms with E-state index in [-0.39, 0.29) is 0 Å². The Morgan fingerprint density at radius 2 is 2.05 bits per heavy atom. The van der Waals surface area contributed by atoms with Crippen LogP contribution < -0.4 is 0 Å². The summed E-state index contributed by atoms with van der Waals surface area (Å²) in [6.07, 6.45) is 5.84. The van der Waals surface area contributed by atoms with Gasteiger partial charge in [-0.1, -0.05) is 6.42 Å². The molecular formula is C14H27NO3S. The van der Waals surface area contributed by atoms with Gasteiger partial charge in [0.2, 0.25) is 0 Å². The van der Waals surface area contributed by atoms with Gasteiger partial charge in [0, 0.05) is 26.8 Å². The number of sulfone groups is 1. The molecule has 0 bridgehead atoms. The van der Waals surface area contributed by atoms with Gasteiger partial charge in [-0.2, -0.15) is 0 Å². The average molecular weight is 289 g/mol. The van der Waals surface area contributed by atoms with E-state index in [1.54, 1.807) is 7.11 Å². The Balaban J connectivity index is 1.81. The molecule has 2 rings (SSSR count). The van der Waals surface area contributed by atoms with Gasteiger partial charge in [-0.3, -0.25) is 0 Å². The highest BCUT2D eigenvalue weighted by atomic mass is 32.2. The first kappa shape index (κ1) is 15.3. The Morgan fingerprint density at radius 1 is 1.21 bits per heavy atom. The number of nitrogens with zero attached hydrogens (tertiary/aromatic N) is 1. The van der Waals surface area contributed by atoms with Crippen LogP contribution in [-0.2, 0) is 14.6 Å². The normalized spacial score (nSPS) is 32.3. The molecule has 19 heavy (non-hydrogen) atoms. The highest BCUT2D eigenvalue weighted by Gasteiger charge is 2.30.